The fraction of sp³-hybridized carbons (Fsp3) is 0.538. The van der Waals surface area contributed by atoms with Crippen LogP contribution in [0.25, 0.3) is 0 Å². The summed E-state index contributed by atoms with van der Waals surface area (Å²) in [5.41, 5.74) is -1.03. The van der Waals surface area contributed by atoms with Crippen molar-refractivity contribution in [2.45, 2.75) is 37.1 Å². The standard InChI is InChI=1S/C13H18F3NO3S/c1-9(2)17-7-11(18)8-21(19,20)12-5-3-4-10(6-12)13(14,15)16/h3-6,9,11,17-18H,7-8H2,1-2H3. The highest BCUT2D eigenvalue weighted by molar-refractivity contribution is 7.91. The van der Waals surface area contributed by atoms with Crippen molar-refractivity contribution >= 4 is 9.84 Å². The molecule has 0 aliphatic rings. The zero-order chi connectivity index (χ0) is 16.3. The molecule has 0 heterocycles. The Balaban J connectivity index is 2.88. The molecule has 0 fully saturated rings. The lowest BCUT2D eigenvalue weighted by atomic mass is 10.2. The highest BCUT2D eigenvalue weighted by Gasteiger charge is 2.32. The smallest absolute Gasteiger partial charge is 0.391 e. The maximum atomic E-state index is 12.6. The summed E-state index contributed by atoms with van der Waals surface area (Å²) >= 11 is 0. The lowest BCUT2D eigenvalue weighted by Crippen LogP contribution is -2.35. The van der Waals surface area contributed by atoms with Crippen LogP contribution in [0.2, 0.25) is 0 Å². The predicted octanol–water partition coefficient (Wildman–Crippen LogP) is 1.84. The van der Waals surface area contributed by atoms with Gasteiger partial charge in [0.2, 0.25) is 0 Å². The van der Waals surface area contributed by atoms with Gasteiger partial charge in [-0.15, -0.1) is 0 Å². The first-order valence-corrected chi connectivity index (χ1v) is 7.99. The highest BCUT2D eigenvalue weighted by atomic mass is 32.2. The van der Waals surface area contributed by atoms with Crippen molar-refractivity contribution in [1.29, 1.82) is 0 Å². The molecule has 2 N–H and O–H groups in total. The maximum absolute atomic E-state index is 12.6. The second kappa shape index (κ2) is 6.76. The molecular formula is C13H18F3NO3S. The van der Waals surface area contributed by atoms with Crippen LogP contribution in [0.1, 0.15) is 19.4 Å². The van der Waals surface area contributed by atoms with Crippen LogP contribution >= 0.6 is 0 Å². The topological polar surface area (TPSA) is 66.4 Å². The first-order valence-electron chi connectivity index (χ1n) is 6.34. The number of aliphatic hydroxyl groups excluding tert-OH is 1. The van der Waals surface area contributed by atoms with Crippen LogP contribution in [0.15, 0.2) is 29.2 Å². The van der Waals surface area contributed by atoms with Gasteiger partial charge in [0.1, 0.15) is 0 Å². The van der Waals surface area contributed by atoms with Gasteiger partial charge in [-0.1, -0.05) is 19.9 Å². The van der Waals surface area contributed by atoms with Crippen LogP contribution < -0.4 is 5.32 Å². The number of nitrogens with one attached hydrogen (secondary N) is 1. The van der Waals surface area contributed by atoms with E-state index in [0.29, 0.717) is 6.07 Å². The maximum Gasteiger partial charge on any atom is 0.416 e. The van der Waals surface area contributed by atoms with Gasteiger partial charge in [-0.3, -0.25) is 0 Å². The molecule has 8 heteroatoms. The van der Waals surface area contributed by atoms with Gasteiger partial charge >= 0.3 is 6.18 Å². The number of halogens is 3. The molecule has 1 aromatic carbocycles. The fourth-order valence-electron chi connectivity index (χ4n) is 1.65. The summed E-state index contributed by atoms with van der Waals surface area (Å²) in [5, 5.41) is 12.5. The third kappa shape index (κ3) is 5.64. The SMILES string of the molecule is CC(C)NCC(O)CS(=O)(=O)c1cccc(C(F)(F)F)c1. The molecule has 0 aliphatic heterocycles. The molecule has 0 amide bonds. The zero-order valence-electron chi connectivity index (χ0n) is 11.7. The summed E-state index contributed by atoms with van der Waals surface area (Å²) < 4.78 is 61.7. The molecule has 0 spiro atoms. The van der Waals surface area contributed by atoms with Crippen molar-refractivity contribution < 1.29 is 26.7 Å². The van der Waals surface area contributed by atoms with E-state index < -0.39 is 38.3 Å². The largest absolute Gasteiger partial charge is 0.416 e. The Kier molecular flexibility index (Phi) is 5.77. The number of benzene rings is 1. The van der Waals surface area contributed by atoms with Crippen molar-refractivity contribution in [3.63, 3.8) is 0 Å². The summed E-state index contributed by atoms with van der Waals surface area (Å²) in [4.78, 5) is -0.444. The van der Waals surface area contributed by atoms with Crippen molar-refractivity contribution in [2.75, 3.05) is 12.3 Å². The Morgan fingerprint density at radius 3 is 2.43 bits per heavy atom. The third-order valence-corrected chi connectivity index (χ3v) is 4.49. The molecule has 0 aliphatic carbocycles. The number of aliphatic hydroxyl groups is 1. The minimum Gasteiger partial charge on any atom is -0.391 e. The zero-order valence-corrected chi connectivity index (χ0v) is 12.5. The van der Waals surface area contributed by atoms with E-state index in [1.165, 1.54) is 0 Å². The molecule has 0 saturated heterocycles. The highest BCUT2D eigenvalue weighted by Crippen LogP contribution is 2.30. The lowest BCUT2D eigenvalue weighted by molar-refractivity contribution is -0.137. The monoisotopic (exact) mass is 325 g/mol. The minimum absolute atomic E-state index is 0.0514. The van der Waals surface area contributed by atoms with E-state index >= 15 is 0 Å². The van der Waals surface area contributed by atoms with Gasteiger partial charge in [0.25, 0.3) is 0 Å². The number of sulfone groups is 1. The van der Waals surface area contributed by atoms with Gasteiger partial charge in [-0.2, -0.15) is 13.2 Å². The predicted molar refractivity (Wildman–Crippen MR) is 72.6 cm³/mol. The average molecular weight is 325 g/mol. The Morgan fingerprint density at radius 2 is 1.90 bits per heavy atom. The van der Waals surface area contributed by atoms with E-state index in [1.807, 2.05) is 13.8 Å². The Morgan fingerprint density at radius 1 is 1.29 bits per heavy atom. The van der Waals surface area contributed by atoms with Crippen molar-refractivity contribution in [1.82, 2.24) is 5.32 Å². The lowest BCUT2D eigenvalue weighted by Gasteiger charge is -2.15. The molecule has 0 bridgehead atoms. The summed E-state index contributed by atoms with van der Waals surface area (Å²) in [6.07, 6.45) is -5.80. The normalized spacial score (nSPS) is 14.4. The van der Waals surface area contributed by atoms with Crippen LogP contribution in [0.4, 0.5) is 13.2 Å². The van der Waals surface area contributed by atoms with Gasteiger partial charge in [0.15, 0.2) is 9.84 Å². The molecule has 0 saturated carbocycles. The van der Waals surface area contributed by atoms with Gasteiger partial charge in [0, 0.05) is 12.6 Å². The Hall–Kier alpha value is -1.12. The molecule has 21 heavy (non-hydrogen) atoms. The summed E-state index contributed by atoms with van der Waals surface area (Å²) in [5.74, 6) is -0.631. The van der Waals surface area contributed by atoms with E-state index in [1.54, 1.807) is 0 Å². The molecular weight excluding hydrogens is 307 g/mol. The van der Waals surface area contributed by atoms with Crippen molar-refractivity contribution in [2.24, 2.45) is 0 Å². The van der Waals surface area contributed by atoms with E-state index in [2.05, 4.69) is 5.32 Å². The molecule has 0 aromatic heterocycles. The first kappa shape index (κ1) is 17.9. The molecule has 1 aromatic rings. The summed E-state index contributed by atoms with van der Waals surface area (Å²) in [6, 6.07) is 3.57. The van der Waals surface area contributed by atoms with E-state index in [0.717, 1.165) is 18.2 Å². The van der Waals surface area contributed by atoms with E-state index in [-0.39, 0.29) is 12.6 Å². The quantitative estimate of drug-likeness (QED) is 0.837. The molecule has 1 unspecified atom stereocenters. The number of alkyl halides is 3. The molecule has 4 nitrogen and oxygen atoms in total. The second-order valence-electron chi connectivity index (χ2n) is 5.02. The van der Waals surface area contributed by atoms with Gasteiger partial charge < -0.3 is 10.4 Å². The average Bonchev–Trinajstić information content (AvgIpc) is 2.35. The van der Waals surface area contributed by atoms with Crippen LogP contribution in [0.5, 0.6) is 0 Å². The van der Waals surface area contributed by atoms with Crippen LogP contribution in [0, 0.1) is 0 Å². The molecule has 1 rings (SSSR count). The van der Waals surface area contributed by atoms with E-state index in [9.17, 15) is 26.7 Å². The number of rotatable bonds is 6. The molecule has 120 valence electrons. The number of hydrogen-bond acceptors (Lipinski definition) is 4. The fourth-order valence-corrected chi connectivity index (χ4v) is 3.06. The molecule has 0 radical (unpaired) electrons. The Labute approximate surface area is 121 Å². The first-order chi connectivity index (χ1) is 9.52. The molecule has 1 atom stereocenters. The number of hydrogen-bond donors (Lipinski definition) is 2. The van der Waals surface area contributed by atoms with Gasteiger partial charge in [0.05, 0.1) is 22.3 Å². The van der Waals surface area contributed by atoms with Gasteiger partial charge in [-0.05, 0) is 18.2 Å². The van der Waals surface area contributed by atoms with Crippen LogP contribution in [0.3, 0.4) is 0 Å². The van der Waals surface area contributed by atoms with E-state index in [4.69, 9.17) is 0 Å². The van der Waals surface area contributed by atoms with Gasteiger partial charge in [-0.25, -0.2) is 8.42 Å². The van der Waals surface area contributed by atoms with Crippen molar-refractivity contribution in [3.8, 4) is 0 Å². The van der Waals surface area contributed by atoms with Crippen LogP contribution in [-0.2, 0) is 16.0 Å². The van der Waals surface area contributed by atoms with Crippen molar-refractivity contribution in [3.05, 3.63) is 29.8 Å². The summed E-state index contributed by atoms with van der Waals surface area (Å²) in [6.45, 7) is 3.71. The Bertz CT molecular complexity index is 570. The van der Waals surface area contributed by atoms with Crippen LogP contribution in [-0.4, -0.2) is 38.0 Å². The second-order valence-corrected chi connectivity index (χ2v) is 7.06. The summed E-state index contributed by atoms with van der Waals surface area (Å²) in [7, 11) is -3.98. The minimum atomic E-state index is -4.61. The third-order valence-electron chi connectivity index (χ3n) is 2.69.